The molecule has 328 valence electrons. The molecule has 0 amide bonds. The largest absolute Gasteiger partial charge is 0.472 e. The molecule has 2 atom stereocenters. The Balaban J connectivity index is 4.29. The lowest BCUT2D eigenvalue weighted by atomic mass is 10.0. The number of unbranched alkanes of at least 4 members (excludes halogenated alkanes) is 23. The topological polar surface area (TPSA) is 108 Å². The normalized spacial score (nSPS) is 13.9. The van der Waals surface area contributed by atoms with Crippen LogP contribution in [0.25, 0.3) is 0 Å². The molecule has 56 heavy (non-hydrogen) atoms. The van der Waals surface area contributed by atoms with Gasteiger partial charge in [0.25, 0.3) is 0 Å². The van der Waals surface area contributed by atoms with Crippen LogP contribution >= 0.6 is 7.82 Å². The quantitative estimate of drug-likeness (QED) is 0.0214. The van der Waals surface area contributed by atoms with E-state index in [1.54, 1.807) is 0 Å². The summed E-state index contributed by atoms with van der Waals surface area (Å²) in [5.41, 5.74) is 0. The number of phosphoric acid groups is 1. The first-order valence-corrected chi connectivity index (χ1v) is 24.2. The first-order valence-electron chi connectivity index (χ1n) is 22.7. The lowest BCUT2D eigenvalue weighted by Crippen LogP contribution is -2.37. The molecular formula is C46H87NO8P+. The maximum absolute atomic E-state index is 12.7. The smallest absolute Gasteiger partial charge is 0.462 e. The van der Waals surface area contributed by atoms with Crippen molar-refractivity contribution in [3.05, 3.63) is 36.5 Å². The molecule has 9 nitrogen and oxygen atoms in total. The monoisotopic (exact) mass is 813 g/mol. The molecule has 0 aliphatic heterocycles. The van der Waals surface area contributed by atoms with E-state index in [0.29, 0.717) is 17.4 Å². The number of esters is 2. The summed E-state index contributed by atoms with van der Waals surface area (Å²) in [5.74, 6) is -0.817. The summed E-state index contributed by atoms with van der Waals surface area (Å²) in [6.45, 7) is 4.28. The summed E-state index contributed by atoms with van der Waals surface area (Å²) >= 11 is 0. The Bertz CT molecular complexity index is 1050. The lowest BCUT2D eigenvalue weighted by Gasteiger charge is -2.24. The third-order valence-electron chi connectivity index (χ3n) is 9.75. The van der Waals surface area contributed by atoms with Gasteiger partial charge in [-0.1, -0.05) is 185 Å². The van der Waals surface area contributed by atoms with Gasteiger partial charge in [0, 0.05) is 12.8 Å². The predicted molar refractivity (Wildman–Crippen MR) is 234 cm³/mol. The molecule has 0 aromatic rings. The number of allylic oxidation sites excluding steroid dienone is 6. The highest BCUT2D eigenvalue weighted by atomic mass is 31.2. The summed E-state index contributed by atoms with van der Waals surface area (Å²) in [4.78, 5) is 35.4. The molecule has 0 heterocycles. The van der Waals surface area contributed by atoms with Gasteiger partial charge in [-0.2, -0.15) is 0 Å². The third kappa shape index (κ3) is 41.9. The molecule has 0 saturated heterocycles. The highest BCUT2D eigenvalue weighted by Gasteiger charge is 2.27. The summed E-state index contributed by atoms with van der Waals surface area (Å²) in [6.07, 6.45) is 43.4. The van der Waals surface area contributed by atoms with Crippen molar-refractivity contribution in [2.24, 2.45) is 0 Å². The second-order valence-electron chi connectivity index (χ2n) is 16.5. The first kappa shape index (κ1) is 54.2. The van der Waals surface area contributed by atoms with Crippen LogP contribution in [0.5, 0.6) is 0 Å². The number of hydrogen-bond donors (Lipinski definition) is 1. The number of carbonyl (C=O) groups excluding carboxylic acids is 2. The standard InChI is InChI=1S/C46H86NO8P/c1-6-8-10-12-14-16-18-20-21-22-23-24-25-27-28-30-32-34-36-38-45(48)52-42-44(43-54-56(50,51)53-41-40-47(3,4)5)55-46(49)39-37-35-33-31-29-26-19-17-15-13-11-9-7-2/h9,11,13,15,17,19,44H,6-8,10,12,14,16,18,20-43H2,1-5H3/p+1/b11-9+,15-13+,19-17+. The van der Waals surface area contributed by atoms with Crippen LogP contribution in [-0.4, -0.2) is 74.9 Å². The van der Waals surface area contributed by atoms with Crippen molar-refractivity contribution >= 4 is 19.8 Å². The zero-order chi connectivity index (χ0) is 41.4. The van der Waals surface area contributed by atoms with E-state index in [-0.39, 0.29) is 32.0 Å². The molecule has 0 radical (unpaired) electrons. The van der Waals surface area contributed by atoms with Gasteiger partial charge in [0.15, 0.2) is 6.10 Å². The molecule has 0 aliphatic rings. The number of likely N-dealkylation sites (N-methyl/N-ethyl adjacent to an activating group) is 1. The summed E-state index contributed by atoms with van der Waals surface area (Å²) in [5, 5.41) is 0. The Hall–Kier alpha value is -1.77. The van der Waals surface area contributed by atoms with Gasteiger partial charge >= 0.3 is 19.8 Å². The van der Waals surface area contributed by atoms with Crippen LogP contribution in [0, 0.1) is 0 Å². The van der Waals surface area contributed by atoms with Gasteiger partial charge in [-0.25, -0.2) is 4.57 Å². The predicted octanol–water partition coefficient (Wildman–Crippen LogP) is 12.9. The molecule has 0 bridgehead atoms. The fraction of sp³-hybridized carbons (Fsp3) is 0.826. The Morgan fingerprint density at radius 1 is 0.571 bits per heavy atom. The third-order valence-corrected chi connectivity index (χ3v) is 10.7. The van der Waals surface area contributed by atoms with Crippen molar-refractivity contribution in [2.45, 2.75) is 200 Å². The second-order valence-corrected chi connectivity index (χ2v) is 17.9. The molecule has 0 aliphatic carbocycles. The fourth-order valence-corrected chi connectivity index (χ4v) is 6.93. The number of phosphoric ester groups is 1. The van der Waals surface area contributed by atoms with Crippen LogP contribution in [0.3, 0.4) is 0 Å². The van der Waals surface area contributed by atoms with Gasteiger partial charge in [-0.15, -0.1) is 0 Å². The van der Waals surface area contributed by atoms with Crippen LogP contribution < -0.4 is 0 Å². The minimum Gasteiger partial charge on any atom is -0.462 e. The number of nitrogens with zero attached hydrogens (tertiary/aromatic N) is 1. The highest BCUT2D eigenvalue weighted by molar-refractivity contribution is 7.47. The molecule has 0 aromatic carbocycles. The Labute approximate surface area is 344 Å². The molecule has 0 rings (SSSR count). The average Bonchev–Trinajstić information content (AvgIpc) is 3.15. The van der Waals surface area contributed by atoms with Crippen LogP contribution in [0.4, 0.5) is 0 Å². The summed E-state index contributed by atoms with van der Waals surface area (Å²) < 4.78 is 34.3. The summed E-state index contributed by atoms with van der Waals surface area (Å²) in [6, 6.07) is 0. The van der Waals surface area contributed by atoms with Gasteiger partial charge in [-0.3, -0.25) is 18.6 Å². The minimum atomic E-state index is -4.38. The molecule has 1 N–H and O–H groups in total. The van der Waals surface area contributed by atoms with Crippen molar-refractivity contribution in [3.8, 4) is 0 Å². The van der Waals surface area contributed by atoms with Gasteiger partial charge < -0.3 is 18.9 Å². The SMILES string of the molecule is CC/C=C/C=C/C=C/CCCCCCCC(=O)OC(COC(=O)CCCCCCCCCCCCCCCCCCCCC)COP(=O)(O)OCC[N+](C)(C)C. The van der Waals surface area contributed by atoms with E-state index in [9.17, 15) is 19.0 Å². The number of rotatable bonds is 41. The molecule has 0 fully saturated rings. The van der Waals surface area contributed by atoms with Crippen LogP contribution in [0.15, 0.2) is 36.5 Å². The first-order chi connectivity index (χ1) is 27.0. The van der Waals surface area contributed by atoms with Crippen molar-refractivity contribution in [3.63, 3.8) is 0 Å². The van der Waals surface area contributed by atoms with Crippen molar-refractivity contribution < 1.29 is 42.1 Å². The van der Waals surface area contributed by atoms with Crippen LogP contribution in [0.2, 0.25) is 0 Å². The molecular weight excluding hydrogens is 725 g/mol. The average molecular weight is 813 g/mol. The number of quaternary nitrogens is 1. The van der Waals surface area contributed by atoms with Crippen molar-refractivity contribution in [2.75, 3.05) is 47.5 Å². The van der Waals surface area contributed by atoms with E-state index in [4.69, 9.17) is 18.5 Å². The zero-order valence-corrected chi connectivity index (χ0v) is 37.8. The van der Waals surface area contributed by atoms with E-state index in [2.05, 4.69) is 38.2 Å². The Morgan fingerprint density at radius 3 is 1.50 bits per heavy atom. The van der Waals surface area contributed by atoms with E-state index in [0.717, 1.165) is 57.8 Å². The van der Waals surface area contributed by atoms with Gasteiger partial charge in [0.1, 0.15) is 19.8 Å². The zero-order valence-electron chi connectivity index (χ0n) is 36.9. The fourth-order valence-electron chi connectivity index (χ4n) is 6.19. The maximum atomic E-state index is 12.7. The minimum absolute atomic E-state index is 0.0279. The molecule has 2 unspecified atom stereocenters. The second kappa shape index (κ2) is 38.7. The van der Waals surface area contributed by atoms with Crippen LogP contribution in [-0.2, 0) is 32.7 Å². The maximum Gasteiger partial charge on any atom is 0.472 e. The number of ether oxygens (including phenoxy) is 2. The Morgan fingerprint density at radius 2 is 1.02 bits per heavy atom. The van der Waals surface area contributed by atoms with Crippen molar-refractivity contribution in [1.29, 1.82) is 0 Å². The van der Waals surface area contributed by atoms with E-state index >= 15 is 0 Å². The van der Waals surface area contributed by atoms with Gasteiger partial charge in [0.2, 0.25) is 0 Å². The molecule has 0 saturated carbocycles. The number of hydrogen-bond acceptors (Lipinski definition) is 7. The van der Waals surface area contributed by atoms with Crippen molar-refractivity contribution in [1.82, 2.24) is 0 Å². The highest BCUT2D eigenvalue weighted by Crippen LogP contribution is 2.43. The summed E-state index contributed by atoms with van der Waals surface area (Å²) in [7, 11) is 1.46. The molecule has 0 aromatic heterocycles. The molecule has 10 heteroatoms. The van der Waals surface area contributed by atoms with Crippen LogP contribution in [0.1, 0.15) is 194 Å². The van der Waals surface area contributed by atoms with Gasteiger partial charge in [0.05, 0.1) is 27.7 Å². The van der Waals surface area contributed by atoms with E-state index < -0.39 is 26.5 Å². The van der Waals surface area contributed by atoms with E-state index in [1.807, 2.05) is 33.3 Å². The van der Waals surface area contributed by atoms with E-state index in [1.165, 1.54) is 103 Å². The molecule has 0 spiro atoms. The van der Waals surface area contributed by atoms with Gasteiger partial charge in [-0.05, 0) is 32.1 Å². The Kier molecular flexibility index (Phi) is 37.5. The number of carbonyl (C=O) groups is 2. The lowest BCUT2D eigenvalue weighted by molar-refractivity contribution is -0.870.